The maximum Gasteiger partial charge on any atom is 0.115 e. The number of fused-ring (bicyclic) bond motifs is 1. The van der Waals surface area contributed by atoms with Crippen LogP contribution in [0.3, 0.4) is 0 Å². The van der Waals surface area contributed by atoms with Gasteiger partial charge in [-0.2, -0.15) is 0 Å². The van der Waals surface area contributed by atoms with E-state index in [-0.39, 0.29) is 10.8 Å². The summed E-state index contributed by atoms with van der Waals surface area (Å²) in [6, 6.07) is 5.83. The minimum Gasteiger partial charge on any atom is -0.508 e. The highest BCUT2D eigenvalue weighted by Gasteiger charge is 2.45. The minimum absolute atomic E-state index is 0.212. The summed E-state index contributed by atoms with van der Waals surface area (Å²) < 4.78 is 0. The highest BCUT2D eigenvalue weighted by Crippen LogP contribution is 2.58. The van der Waals surface area contributed by atoms with Gasteiger partial charge in [-0.1, -0.05) is 41.5 Å². The average molecular weight is 264 g/mol. The number of hydrogen-bond acceptors (Lipinski definition) is 2. The number of rotatable bonds is 0. The van der Waals surface area contributed by atoms with Crippen LogP contribution in [-0.4, -0.2) is 10.4 Å². The van der Waals surface area contributed by atoms with E-state index in [0.29, 0.717) is 16.9 Å². The number of phenolic OH excluding ortho intramolecular Hbond substituents is 1. The largest absolute Gasteiger partial charge is 0.508 e. The summed E-state index contributed by atoms with van der Waals surface area (Å²) in [5.74, 6) is 0.878. The Morgan fingerprint density at radius 3 is 2.11 bits per heavy atom. The van der Waals surface area contributed by atoms with Gasteiger partial charge >= 0.3 is 0 Å². The van der Waals surface area contributed by atoms with Crippen LogP contribution in [-0.2, 0) is 0 Å². The van der Waals surface area contributed by atoms with Gasteiger partial charge < -0.3 is 5.11 Å². The molecule has 0 aliphatic carbocycles. The first-order valence-electron chi connectivity index (χ1n) is 6.60. The van der Waals surface area contributed by atoms with Gasteiger partial charge in [-0.05, 0) is 34.6 Å². The molecule has 1 nitrogen and oxygen atoms in total. The first-order chi connectivity index (χ1) is 8.10. The van der Waals surface area contributed by atoms with Crippen molar-refractivity contribution in [1.82, 2.24) is 0 Å². The molecule has 0 saturated carbocycles. The van der Waals surface area contributed by atoms with Crippen LogP contribution in [0.4, 0.5) is 0 Å². The third-order valence-corrected chi connectivity index (χ3v) is 5.53. The van der Waals surface area contributed by atoms with Crippen molar-refractivity contribution >= 4 is 11.8 Å². The summed E-state index contributed by atoms with van der Waals surface area (Å²) in [6.45, 7) is 13.8. The molecule has 1 aromatic carbocycles. The number of benzene rings is 1. The molecule has 1 heterocycles. The lowest BCUT2D eigenvalue weighted by molar-refractivity contribution is 0.244. The van der Waals surface area contributed by atoms with Crippen LogP contribution in [0, 0.1) is 10.8 Å². The summed E-state index contributed by atoms with van der Waals surface area (Å²) in [5, 5.41) is 10.3. The summed E-state index contributed by atoms with van der Waals surface area (Å²) in [4.78, 5) is 1.34. The van der Waals surface area contributed by atoms with Crippen LogP contribution in [0.2, 0.25) is 0 Å². The molecule has 0 bridgehead atoms. The van der Waals surface area contributed by atoms with Gasteiger partial charge in [0.25, 0.3) is 0 Å². The van der Waals surface area contributed by atoms with E-state index in [1.54, 1.807) is 6.07 Å². The van der Waals surface area contributed by atoms with Crippen LogP contribution in [0.1, 0.15) is 53.0 Å². The van der Waals surface area contributed by atoms with E-state index in [1.807, 2.05) is 17.8 Å². The van der Waals surface area contributed by atoms with Crippen LogP contribution < -0.4 is 0 Å². The molecule has 1 N–H and O–H groups in total. The van der Waals surface area contributed by atoms with E-state index in [0.717, 1.165) is 0 Å². The Labute approximate surface area is 115 Å². The predicted octanol–water partition coefficient (Wildman–Crippen LogP) is 5.04. The minimum atomic E-state index is 0.212. The topological polar surface area (TPSA) is 20.2 Å². The van der Waals surface area contributed by atoms with Crippen LogP contribution in [0.5, 0.6) is 5.75 Å². The van der Waals surface area contributed by atoms with Gasteiger partial charge in [-0.15, -0.1) is 11.8 Å². The van der Waals surface area contributed by atoms with Crippen LogP contribution >= 0.6 is 11.8 Å². The molecular formula is C16H24OS. The molecule has 0 radical (unpaired) electrons. The molecule has 1 aliphatic rings. The van der Waals surface area contributed by atoms with Gasteiger partial charge in [0.1, 0.15) is 5.75 Å². The molecule has 0 spiro atoms. The normalized spacial score (nSPS) is 24.1. The molecule has 2 rings (SSSR count). The van der Waals surface area contributed by atoms with Gasteiger partial charge in [0, 0.05) is 16.1 Å². The summed E-state index contributed by atoms with van der Waals surface area (Å²) >= 11 is 1.98. The maximum atomic E-state index is 9.76. The Bertz CT molecular complexity index is 451. The van der Waals surface area contributed by atoms with Crippen molar-refractivity contribution in [2.24, 2.45) is 10.8 Å². The van der Waals surface area contributed by atoms with E-state index < -0.39 is 0 Å². The second kappa shape index (κ2) is 4.19. The summed E-state index contributed by atoms with van der Waals surface area (Å²) in [7, 11) is 0. The van der Waals surface area contributed by atoms with Crippen molar-refractivity contribution in [3.63, 3.8) is 0 Å². The fourth-order valence-corrected chi connectivity index (χ4v) is 4.64. The summed E-state index contributed by atoms with van der Waals surface area (Å²) in [6.07, 6.45) is 0. The molecule has 1 aliphatic heterocycles. The Morgan fingerprint density at radius 2 is 1.61 bits per heavy atom. The molecular weight excluding hydrogens is 240 g/mol. The summed E-state index contributed by atoms with van der Waals surface area (Å²) in [5.41, 5.74) is 1.80. The zero-order valence-electron chi connectivity index (χ0n) is 12.2. The molecule has 2 heteroatoms. The third kappa shape index (κ3) is 2.40. The second-order valence-electron chi connectivity index (χ2n) is 7.47. The monoisotopic (exact) mass is 264 g/mol. The van der Waals surface area contributed by atoms with Gasteiger partial charge in [0.15, 0.2) is 0 Å². The number of thioether (sulfide) groups is 1. The molecule has 0 aromatic heterocycles. The van der Waals surface area contributed by atoms with E-state index in [2.05, 4.69) is 47.6 Å². The zero-order chi connectivity index (χ0) is 13.7. The number of aromatic hydroxyl groups is 1. The highest BCUT2D eigenvalue weighted by molar-refractivity contribution is 8.00. The van der Waals surface area contributed by atoms with Crippen molar-refractivity contribution in [3.05, 3.63) is 23.8 Å². The Balaban J connectivity index is 2.52. The Morgan fingerprint density at radius 1 is 1.00 bits per heavy atom. The second-order valence-corrected chi connectivity index (χ2v) is 8.65. The first-order valence-corrected chi connectivity index (χ1v) is 7.48. The van der Waals surface area contributed by atoms with Gasteiger partial charge in [-0.25, -0.2) is 0 Å². The molecule has 0 fully saturated rings. The van der Waals surface area contributed by atoms with E-state index >= 15 is 0 Å². The molecule has 0 saturated heterocycles. The number of hydrogen-bond donors (Lipinski definition) is 1. The molecule has 100 valence electrons. The van der Waals surface area contributed by atoms with Crippen molar-refractivity contribution in [2.75, 3.05) is 0 Å². The van der Waals surface area contributed by atoms with Crippen LogP contribution in [0.15, 0.2) is 23.1 Å². The van der Waals surface area contributed by atoms with Gasteiger partial charge in [0.2, 0.25) is 0 Å². The number of phenols is 1. The predicted molar refractivity (Wildman–Crippen MR) is 79.4 cm³/mol. The zero-order valence-corrected chi connectivity index (χ0v) is 13.1. The maximum absolute atomic E-state index is 9.76. The van der Waals surface area contributed by atoms with E-state index in [4.69, 9.17) is 0 Å². The fraction of sp³-hybridized carbons (Fsp3) is 0.625. The van der Waals surface area contributed by atoms with Gasteiger partial charge in [0.05, 0.1) is 0 Å². The standard InChI is InChI=1S/C16H24OS/c1-15(2,3)13-11-9-10(17)7-8-12(11)18-14(13)16(4,5)6/h7-9,13-14,17H,1-6H3. The fourth-order valence-electron chi connectivity index (χ4n) is 2.85. The molecule has 2 atom stereocenters. The van der Waals surface area contributed by atoms with Crippen LogP contribution in [0.25, 0.3) is 0 Å². The Hall–Kier alpha value is -0.630. The lowest BCUT2D eigenvalue weighted by atomic mass is 9.69. The van der Waals surface area contributed by atoms with Crippen molar-refractivity contribution < 1.29 is 5.11 Å². The molecule has 0 amide bonds. The van der Waals surface area contributed by atoms with Crippen molar-refractivity contribution in [2.45, 2.75) is 57.6 Å². The third-order valence-electron chi connectivity index (χ3n) is 3.67. The average Bonchev–Trinajstić information content (AvgIpc) is 2.54. The van der Waals surface area contributed by atoms with Crippen molar-refractivity contribution in [1.29, 1.82) is 0 Å². The van der Waals surface area contributed by atoms with Crippen molar-refractivity contribution in [3.8, 4) is 5.75 Å². The van der Waals surface area contributed by atoms with E-state index in [1.165, 1.54) is 10.5 Å². The highest BCUT2D eigenvalue weighted by atomic mass is 32.2. The SMILES string of the molecule is CC(C)(C)C1Sc2ccc(O)cc2C1C(C)(C)C. The quantitative estimate of drug-likeness (QED) is 0.708. The molecule has 1 aromatic rings. The van der Waals surface area contributed by atoms with E-state index in [9.17, 15) is 5.11 Å². The lowest BCUT2D eigenvalue weighted by Gasteiger charge is -2.39. The molecule has 18 heavy (non-hydrogen) atoms. The first kappa shape index (κ1) is 13.8. The molecule has 2 unspecified atom stereocenters. The lowest BCUT2D eigenvalue weighted by Crippen LogP contribution is -2.33. The smallest absolute Gasteiger partial charge is 0.115 e. The van der Waals surface area contributed by atoms with Gasteiger partial charge in [-0.3, -0.25) is 0 Å². The Kier molecular flexibility index (Phi) is 3.21.